The number of nitrogens with zero attached hydrogens (tertiary/aromatic N) is 2. The van der Waals surface area contributed by atoms with Crippen LogP contribution >= 0.6 is 0 Å². The lowest BCUT2D eigenvalue weighted by atomic mass is 10.1. The van der Waals surface area contributed by atoms with Crippen LogP contribution in [0.4, 0.5) is 0 Å². The molecule has 0 aliphatic carbocycles. The van der Waals surface area contributed by atoms with E-state index in [-0.39, 0.29) is 48.0 Å². The average Bonchev–Trinajstić information content (AvgIpc) is 3.07. The second-order valence-corrected chi connectivity index (χ2v) is 8.14. The summed E-state index contributed by atoms with van der Waals surface area (Å²) >= 11 is 0. The number of quaternary nitrogens is 2. The van der Waals surface area contributed by atoms with Gasteiger partial charge in [0.2, 0.25) is 0 Å². The van der Waals surface area contributed by atoms with E-state index < -0.39 is 0 Å². The molecule has 0 aliphatic heterocycles. The number of halogens is 2. The normalized spacial score (nSPS) is 13.6. The van der Waals surface area contributed by atoms with Crippen LogP contribution in [0.25, 0.3) is 11.0 Å². The number of rotatable bonds is 12. The van der Waals surface area contributed by atoms with Crippen LogP contribution in [0.15, 0.2) is 34.7 Å². The van der Waals surface area contributed by atoms with E-state index in [1.807, 2.05) is 6.07 Å². The van der Waals surface area contributed by atoms with E-state index in [0.717, 1.165) is 28.9 Å². The van der Waals surface area contributed by atoms with E-state index in [2.05, 4.69) is 59.0 Å². The fourth-order valence-corrected chi connectivity index (χ4v) is 4.10. The maximum absolute atomic E-state index is 6.06. The van der Waals surface area contributed by atoms with Crippen LogP contribution in [0.5, 0.6) is 0 Å². The van der Waals surface area contributed by atoms with E-state index in [4.69, 9.17) is 4.42 Å². The summed E-state index contributed by atoms with van der Waals surface area (Å²) in [5, 5.41) is 1.22. The molecule has 1 atom stereocenters. The number of benzene rings is 1. The van der Waals surface area contributed by atoms with Crippen molar-refractivity contribution in [1.82, 2.24) is 0 Å². The zero-order chi connectivity index (χ0) is 19.0. The largest absolute Gasteiger partial charge is 1.00 e. The maximum atomic E-state index is 6.06. The molecule has 1 aromatic carbocycles. The van der Waals surface area contributed by atoms with Crippen molar-refractivity contribution in [2.45, 2.75) is 53.5 Å². The van der Waals surface area contributed by atoms with Crippen molar-refractivity contribution < 1.29 is 61.3 Å². The molecule has 1 unspecified atom stereocenters. The fourth-order valence-electron chi connectivity index (χ4n) is 4.10. The minimum Gasteiger partial charge on any atom is -1.00 e. The van der Waals surface area contributed by atoms with Crippen LogP contribution in [0, 0.1) is 0 Å². The molecule has 5 heteroatoms. The Bertz CT molecular complexity index is 628. The molecule has 0 fully saturated rings. The predicted molar refractivity (Wildman–Crippen MR) is 112 cm³/mol. The van der Waals surface area contributed by atoms with Crippen molar-refractivity contribution in [3.8, 4) is 0 Å². The van der Waals surface area contributed by atoms with Gasteiger partial charge in [-0.25, -0.2) is 0 Å². The standard InChI is InChI=1S/C23H40N2O.2HI/c1-6-24(5,17-13-10-14-18-25(7-2,8-3)9-4)20-22-19-21-15-11-12-16-23(21)26-22;;/h11-12,15-16,19H,6-10,13-14,17-18,20H2,1-5H3;2*1H/q+2;;/p-2. The summed E-state index contributed by atoms with van der Waals surface area (Å²) in [6.45, 7) is 17.8. The third-order valence-corrected chi connectivity index (χ3v) is 6.62. The number of fused-ring (bicyclic) bond motifs is 1. The van der Waals surface area contributed by atoms with Crippen LogP contribution in [0.1, 0.15) is 52.7 Å². The molecular weight excluding hydrogens is 574 g/mol. The minimum absolute atomic E-state index is 0. The Labute approximate surface area is 207 Å². The third-order valence-electron chi connectivity index (χ3n) is 6.62. The minimum atomic E-state index is 0. The van der Waals surface area contributed by atoms with Gasteiger partial charge in [-0.3, -0.25) is 0 Å². The molecule has 0 radical (unpaired) electrons. The quantitative estimate of drug-likeness (QED) is 0.178. The SMILES string of the molecule is CC[N+](C)(CCCCC[N+](CC)(CC)CC)Cc1cc2ccccc2o1.[I-].[I-]. The second kappa shape index (κ2) is 13.4. The second-order valence-electron chi connectivity index (χ2n) is 8.14. The highest BCUT2D eigenvalue weighted by atomic mass is 127. The first-order chi connectivity index (χ1) is 12.5. The Hall–Kier alpha value is 0.140. The highest BCUT2D eigenvalue weighted by Crippen LogP contribution is 2.22. The molecule has 1 aromatic heterocycles. The van der Waals surface area contributed by atoms with Crippen LogP contribution in [0.3, 0.4) is 0 Å². The molecule has 2 aromatic rings. The summed E-state index contributed by atoms with van der Waals surface area (Å²) < 4.78 is 8.40. The van der Waals surface area contributed by atoms with Gasteiger partial charge in [0.25, 0.3) is 0 Å². The molecule has 28 heavy (non-hydrogen) atoms. The van der Waals surface area contributed by atoms with Crippen molar-refractivity contribution in [2.75, 3.05) is 46.3 Å². The molecule has 0 saturated carbocycles. The highest BCUT2D eigenvalue weighted by molar-refractivity contribution is 5.77. The zero-order valence-electron chi connectivity index (χ0n) is 18.5. The van der Waals surface area contributed by atoms with Crippen molar-refractivity contribution in [1.29, 1.82) is 0 Å². The van der Waals surface area contributed by atoms with Gasteiger partial charge in [0.05, 0.1) is 46.3 Å². The van der Waals surface area contributed by atoms with Crippen LogP contribution in [-0.4, -0.2) is 55.3 Å². The van der Waals surface area contributed by atoms with Gasteiger partial charge >= 0.3 is 0 Å². The molecule has 0 bridgehead atoms. The summed E-state index contributed by atoms with van der Waals surface area (Å²) in [5.41, 5.74) is 1.01. The molecule has 0 amide bonds. The third kappa shape index (κ3) is 7.76. The first-order valence-corrected chi connectivity index (χ1v) is 10.7. The molecule has 0 aliphatic rings. The molecule has 0 N–H and O–H groups in total. The van der Waals surface area contributed by atoms with Crippen molar-refractivity contribution in [3.05, 3.63) is 36.1 Å². The lowest BCUT2D eigenvalue weighted by Crippen LogP contribution is -3.00. The zero-order valence-corrected chi connectivity index (χ0v) is 22.8. The molecule has 2 rings (SSSR count). The van der Waals surface area contributed by atoms with Gasteiger partial charge in [-0.1, -0.05) is 18.2 Å². The Kier molecular flexibility index (Phi) is 13.5. The topological polar surface area (TPSA) is 13.1 Å². The maximum Gasteiger partial charge on any atom is 0.159 e. The van der Waals surface area contributed by atoms with E-state index in [0.29, 0.717) is 0 Å². The van der Waals surface area contributed by atoms with Gasteiger partial charge in [0.15, 0.2) is 5.76 Å². The molecule has 0 saturated heterocycles. The smallest absolute Gasteiger partial charge is 0.159 e. The van der Waals surface area contributed by atoms with Gasteiger partial charge < -0.3 is 61.3 Å². The number of hydrogen-bond acceptors (Lipinski definition) is 1. The van der Waals surface area contributed by atoms with Gasteiger partial charge in [-0.05, 0) is 59.1 Å². The Morgan fingerprint density at radius 3 is 1.96 bits per heavy atom. The van der Waals surface area contributed by atoms with E-state index in [1.54, 1.807) is 0 Å². The highest BCUT2D eigenvalue weighted by Gasteiger charge is 2.23. The van der Waals surface area contributed by atoms with Crippen molar-refractivity contribution in [2.24, 2.45) is 0 Å². The Morgan fingerprint density at radius 2 is 1.39 bits per heavy atom. The number of para-hydroxylation sites is 1. The van der Waals surface area contributed by atoms with Gasteiger partial charge in [-0.2, -0.15) is 0 Å². The van der Waals surface area contributed by atoms with Crippen LogP contribution in [-0.2, 0) is 6.54 Å². The number of unbranched alkanes of at least 4 members (excludes halogenated alkanes) is 2. The Morgan fingerprint density at radius 1 is 0.786 bits per heavy atom. The van der Waals surface area contributed by atoms with Crippen LogP contribution < -0.4 is 48.0 Å². The Balaban J connectivity index is 0.00000364. The average molecular weight is 614 g/mol. The summed E-state index contributed by atoms with van der Waals surface area (Å²) in [5.74, 6) is 1.12. The predicted octanol–water partition coefficient (Wildman–Crippen LogP) is -0.546. The lowest BCUT2D eigenvalue weighted by Gasteiger charge is -2.36. The first kappa shape index (κ1) is 28.1. The van der Waals surface area contributed by atoms with E-state index in [1.165, 1.54) is 61.9 Å². The van der Waals surface area contributed by atoms with Crippen molar-refractivity contribution >= 4 is 11.0 Å². The monoisotopic (exact) mass is 614 g/mol. The molecule has 1 heterocycles. The van der Waals surface area contributed by atoms with E-state index >= 15 is 0 Å². The molecule has 0 spiro atoms. The summed E-state index contributed by atoms with van der Waals surface area (Å²) in [6.07, 6.45) is 4.00. The number of furan rings is 1. The summed E-state index contributed by atoms with van der Waals surface area (Å²) in [6, 6.07) is 10.5. The van der Waals surface area contributed by atoms with Crippen molar-refractivity contribution in [3.63, 3.8) is 0 Å². The summed E-state index contributed by atoms with van der Waals surface area (Å²) in [4.78, 5) is 0. The van der Waals surface area contributed by atoms with Gasteiger partial charge in [-0.15, -0.1) is 0 Å². The van der Waals surface area contributed by atoms with Gasteiger partial charge in [0, 0.05) is 5.39 Å². The molecular formula is C23H40I2N2O. The summed E-state index contributed by atoms with van der Waals surface area (Å²) in [7, 11) is 2.37. The number of hydrogen-bond donors (Lipinski definition) is 0. The fraction of sp³-hybridized carbons (Fsp3) is 0.652. The lowest BCUT2D eigenvalue weighted by molar-refractivity contribution is -0.924. The molecule has 3 nitrogen and oxygen atoms in total. The molecule has 162 valence electrons. The van der Waals surface area contributed by atoms with E-state index in [9.17, 15) is 0 Å². The van der Waals surface area contributed by atoms with Gasteiger partial charge in [0.1, 0.15) is 12.1 Å². The van der Waals surface area contributed by atoms with Crippen LogP contribution in [0.2, 0.25) is 0 Å². The first-order valence-electron chi connectivity index (χ1n) is 10.7.